The van der Waals surface area contributed by atoms with Gasteiger partial charge in [-0.3, -0.25) is 9.59 Å². The zero-order chi connectivity index (χ0) is 28.3. The molecule has 14 heteroatoms. The number of ether oxygens (including phenoxy) is 3. The van der Waals surface area contributed by atoms with Crippen LogP contribution in [0.1, 0.15) is 39.0 Å². The normalized spacial score (nSPS) is 14.9. The Balaban J connectivity index is 1.29. The second kappa shape index (κ2) is 11.5. The number of benzene rings is 1. The Bertz CT molecular complexity index is 1570. The number of nitrogens with two attached hydrogens (primary N) is 1. The number of anilines is 1. The first-order valence-electron chi connectivity index (χ1n) is 12.4. The monoisotopic (exact) mass is 581 g/mol. The molecule has 1 unspecified atom stereocenters. The lowest BCUT2D eigenvalue weighted by molar-refractivity contribution is -0.162. The van der Waals surface area contributed by atoms with Gasteiger partial charge in [-0.05, 0) is 32.0 Å². The van der Waals surface area contributed by atoms with Crippen LogP contribution in [-0.2, 0) is 30.3 Å². The van der Waals surface area contributed by atoms with Crippen molar-refractivity contribution >= 4 is 52.0 Å². The van der Waals surface area contributed by atoms with Crippen LogP contribution in [0.15, 0.2) is 58.7 Å². The van der Waals surface area contributed by atoms with Crippen molar-refractivity contribution in [2.75, 3.05) is 12.3 Å². The van der Waals surface area contributed by atoms with Crippen LogP contribution >= 0.6 is 23.1 Å². The molecule has 0 bridgehead atoms. The molecule has 40 heavy (non-hydrogen) atoms. The summed E-state index contributed by atoms with van der Waals surface area (Å²) in [6.07, 6.45) is 4.61. The highest BCUT2D eigenvalue weighted by molar-refractivity contribution is 8.02. The zero-order valence-corrected chi connectivity index (χ0v) is 23.6. The van der Waals surface area contributed by atoms with E-state index < -0.39 is 17.9 Å². The number of thioether (sulfide) groups is 1. The number of nitrogens with zero attached hydrogens (tertiary/aromatic N) is 5. The van der Waals surface area contributed by atoms with Crippen molar-refractivity contribution in [1.29, 1.82) is 0 Å². The molecule has 3 aromatic heterocycles. The Kier molecular flexibility index (Phi) is 7.89. The van der Waals surface area contributed by atoms with E-state index in [0.717, 1.165) is 16.1 Å². The highest BCUT2D eigenvalue weighted by Crippen LogP contribution is 2.41. The molecule has 4 aromatic rings. The molecule has 5 rings (SSSR count). The smallest absolute Gasteiger partial charge is 0.303 e. The molecule has 1 atom stereocenters. The third-order valence-corrected chi connectivity index (χ3v) is 7.59. The van der Waals surface area contributed by atoms with E-state index in [0.29, 0.717) is 40.9 Å². The second-order valence-electron chi connectivity index (χ2n) is 9.24. The van der Waals surface area contributed by atoms with Crippen molar-refractivity contribution in [3.8, 4) is 10.6 Å². The van der Waals surface area contributed by atoms with Gasteiger partial charge in [-0.2, -0.15) is 0 Å². The molecule has 1 aromatic carbocycles. The molecule has 208 valence electrons. The number of nitrogen functional groups attached to an aromatic ring is 1. The molecule has 3 N–H and O–H groups in total. The van der Waals surface area contributed by atoms with Gasteiger partial charge in [-0.1, -0.05) is 24.3 Å². The van der Waals surface area contributed by atoms with Crippen molar-refractivity contribution in [3.63, 3.8) is 0 Å². The maximum Gasteiger partial charge on any atom is 0.303 e. The fourth-order valence-corrected chi connectivity index (χ4v) is 5.61. The van der Waals surface area contributed by atoms with Gasteiger partial charge >= 0.3 is 5.97 Å². The van der Waals surface area contributed by atoms with Crippen molar-refractivity contribution in [2.24, 2.45) is 0 Å². The van der Waals surface area contributed by atoms with Gasteiger partial charge in [0.1, 0.15) is 17.6 Å². The van der Waals surface area contributed by atoms with E-state index in [4.69, 9.17) is 19.9 Å². The Morgan fingerprint density at radius 3 is 2.85 bits per heavy atom. The van der Waals surface area contributed by atoms with E-state index in [1.807, 2.05) is 34.2 Å². The summed E-state index contributed by atoms with van der Waals surface area (Å²) in [5.74, 6) is -0.648. The number of rotatable bonds is 10. The summed E-state index contributed by atoms with van der Waals surface area (Å²) in [5, 5.41) is 6.70. The number of imidazole rings is 1. The first-order valence-corrected chi connectivity index (χ1v) is 14.1. The van der Waals surface area contributed by atoms with E-state index in [9.17, 15) is 9.59 Å². The van der Waals surface area contributed by atoms with E-state index in [1.54, 1.807) is 37.6 Å². The number of aromatic nitrogens is 5. The molecule has 0 saturated carbocycles. The number of nitrogens with one attached hydrogen (secondary N) is 1. The fraction of sp³-hybridized carbons (Fsp3) is 0.308. The molecule has 0 aliphatic carbocycles. The van der Waals surface area contributed by atoms with Crippen LogP contribution in [0, 0.1) is 0 Å². The molecular weight excluding hydrogens is 554 g/mol. The maximum absolute atomic E-state index is 12.5. The third-order valence-electron chi connectivity index (χ3n) is 5.90. The lowest BCUT2D eigenvalue weighted by Gasteiger charge is -2.23. The Hall–Kier alpha value is -4.17. The number of hydrogen-bond acceptors (Lipinski definition) is 12. The van der Waals surface area contributed by atoms with E-state index in [2.05, 4.69) is 25.3 Å². The number of fused-ring (bicyclic) bond motifs is 1. The third kappa shape index (κ3) is 5.87. The summed E-state index contributed by atoms with van der Waals surface area (Å²) in [7, 11) is 0. The van der Waals surface area contributed by atoms with Gasteiger partial charge in [0.25, 0.3) is 12.2 Å². The number of thiazole rings is 1. The molecule has 1 aliphatic heterocycles. The first kappa shape index (κ1) is 27.4. The molecule has 1 amide bonds. The van der Waals surface area contributed by atoms with Crippen LogP contribution in [0.3, 0.4) is 0 Å². The van der Waals surface area contributed by atoms with Crippen LogP contribution in [0.5, 0.6) is 0 Å². The number of carbonyl (C=O) groups excluding carboxylic acids is 2. The zero-order valence-electron chi connectivity index (χ0n) is 22.0. The molecule has 0 radical (unpaired) electrons. The van der Waals surface area contributed by atoms with Gasteiger partial charge < -0.3 is 29.8 Å². The summed E-state index contributed by atoms with van der Waals surface area (Å²) in [6.45, 7) is 5.16. The lowest BCUT2D eigenvalue weighted by atomic mass is 10.1. The molecule has 4 heterocycles. The first-order chi connectivity index (χ1) is 19.2. The van der Waals surface area contributed by atoms with Crippen molar-refractivity contribution in [2.45, 2.75) is 50.8 Å². The van der Waals surface area contributed by atoms with Crippen LogP contribution in [0.4, 0.5) is 5.82 Å². The van der Waals surface area contributed by atoms with E-state index >= 15 is 0 Å². The van der Waals surface area contributed by atoms with Gasteiger partial charge in [0.2, 0.25) is 5.09 Å². The van der Waals surface area contributed by atoms with E-state index in [-0.39, 0.29) is 11.7 Å². The number of esters is 1. The average molecular weight is 582 g/mol. The summed E-state index contributed by atoms with van der Waals surface area (Å²) < 4.78 is 19.0. The predicted molar refractivity (Wildman–Crippen MR) is 150 cm³/mol. The second-order valence-corrected chi connectivity index (χ2v) is 11.1. The van der Waals surface area contributed by atoms with Gasteiger partial charge in [-0.15, -0.1) is 11.3 Å². The molecule has 0 fully saturated rings. The van der Waals surface area contributed by atoms with Gasteiger partial charge in [0.15, 0.2) is 27.7 Å². The van der Waals surface area contributed by atoms with Gasteiger partial charge in [0, 0.05) is 42.7 Å². The minimum absolute atomic E-state index is 0.259. The lowest BCUT2D eigenvalue weighted by Crippen LogP contribution is -2.45. The van der Waals surface area contributed by atoms with Crippen LogP contribution in [0.25, 0.3) is 21.7 Å². The van der Waals surface area contributed by atoms with Crippen LogP contribution in [-0.4, -0.2) is 48.5 Å². The van der Waals surface area contributed by atoms with E-state index in [1.165, 1.54) is 25.0 Å². The quantitative estimate of drug-likeness (QED) is 0.206. The number of amides is 1. The van der Waals surface area contributed by atoms with Crippen LogP contribution in [0.2, 0.25) is 0 Å². The number of aryl methyl sites for hydroxylation is 1. The highest BCUT2D eigenvalue weighted by Gasteiger charge is 2.31. The average Bonchev–Trinajstić information content (AvgIpc) is 3.67. The molecule has 0 spiro atoms. The Morgan fingerprint density at radius 1 is 1.25 bits per heavy atom. The van der Waals surface area contributed by atoms with Crippen LogP contribution < -0.4 is 11.1 Å². The Morgan fingerprint density at radius 2 is 2.08 bits per heavy atom. The molecule has 0 saturated heterocycles. The number of hydrogen-bond donors (Lipinski definition) is 2. The topological polar surface area (TPSA) is 156 Å². The maximum atomic E-state index is 12.5. The summed E-state index contributed by atoms with van der Waals surface area (Å²) in [5.41, 5.74) is 7.65. The van der Waals surface area contributed by atoms with Gasteiger partial charge in [-0.25, -0.2) is 19.9 Å². The predicted octanol–water partition coefficient (Wildman–Crippen LogP) is 4.02. The molecule has 12 nitrogen and oxygen atoms in total. The Labute approximate surface area is 238 Å². The largest absolute Gasteiger partial charge is 0.454 e. The fourth-order valence-electron chi connectivity index (χ4n) is 4.08. The van der Waals surface area contributed by atoms with Crippen molar-refractivity contribution in [3.05, 3.63) is 59.1 Å². The summed E-state index contributed by atoms with van der Waals surface area (Å²) in [4.78, 5) is 41.3. The highest BCUT2D eigenvalue weighted by atomic mass is 32.2. The number of carbonyl (C=O) groups is 2. The molecule has 1 aliphatic rings. The minimum Gasteiger partial charge on any atom is -0.454 e. The summed E-state index contributed by atoms with van der Waals surface area (Å²) >= 11 is 2.82. The standard InChI is InChI=1S/C26H27N7O5S2/c1-15(34)38-26(2,3)24(35)29-9-6-11-33-21-19(20(27)30-14-31-21)32-25(33)40-18-13-36-23(37-18)17-8-5-4-7-16(17)22-28-10-12-39-22/h4-5,7-8,10,12-14,23H,6,9,11H2,1-3H3,(H,29,35)(H2,27,30,31). The minimum atomic E-state index is -1.27. The van der Waals surface area contributed by atoms with Gasteiger partial charge in [0.05, 0.1) is 0 Å². The summed E-state index contributed by atoms with van der Waals surface area (Å²) in [6, 6.07) is 7.81. The molecular formula is C26H27N7O5S2. The van der Waals surface area contributed by atoms with Crippen molar-refractivity contribution < 1.29 is 23.8 Å². The SMILES string of the molecule is CC(=O)OC(C)(C)C(=O)NCCCn1c(SC2=COC(c3ccccc3-c3nccs3)O2)nc2c(N)ncnc21. The van der Waals surface area contributed by atoms with Crippen molar-refractivity contribution in [1.82, 2.24) is 29.8 Å².